The standard InChI is InChI=1S/C15H27B2N3/c1-9(2)13-14(16)7-5-11-12(6-8-15(13,14)17)20(10(3)4)19-18-11/h9-10,13H,5-8,16-17H2,1-4H3. The van der Waals surface area contributed by atoms with E-state index in [4.69, 9.17) is 0 Å². The van der Waals surface area contributed by atoms with E-state index in [0.717, 1.165) is 24.7 Å². The van der Waals surface area contributed by atoms with Gasteiger partial charge in [-0.2, -0.15) is 0 Å². The van der Waals surface area contributed by atoms with Gasteiger partial charge in [0.05, 0.1) is 11.4 Å². The van der Waals surface area contributed by atoms with Crippen LogP contribution in [-0.2, 0) is 12.8 Å². The van der Waals surface area contributed by atoms with Gasteiger partial charge < -0.3 is 0 Å². The maximum atomic E-state index is 4.47. The van der Waals surface area contributed by atoms with Gasteiger partial charge >= 0.3 is 0 Å². The Bertz CT molecular complexity index is 525. The summed E-state index contributed by atoms with van der Waals surface area (Å²) in [5, 5.41) is 9.89. The van der Waals surface area contributed by atoms with Crippen LogP contribution in [-0.4, -0.2) is 30.7 Å². The van der Waals surface area contributed by atoms with E-state index in [9.17, 15) is 0 Å². The molecule has 1 heterocycles. The molecule has 1 aromatic rings. The molecule has 0 radical (unpaired) electrons. The van der Waals surface area contributed by atoms with Crippen molar-refractivity contribution in [1.29, 1.82) is 0 Å². The molecule has 0 saturated heterocycles. The van der Waals surface area contributed by atoms with Crippen LogP contribution in [0.15, 0.2) is 0 Å². The van der Waals surface area contributed by atoms with E-state index >= 15 is 0 Å². The largest absolute Gasteiger partial charge is 0.247 e. The Morgan fingerprint density at radius 1 is 1.10 bits per heavy atom. The van der Waals surface area contributed by atoms with Gasteiger partial charge in [-0.15, -0.1) is 5.10 Å². The first-order chi connectivity index (χ1) is 9.31. The number of aryl methyl sites for hydroxylation is 1. The van der Waals surface area contributed by atoms with Crippen molar-refractivity contribution in [3.63, 3.8) is 0 Å². The quantitative estimate of drug-likeness (QED) is 0.765. The van der Waals surface area contributed by atoms with Gasteiger partial charge in [-0.05, 0) is 51.4 Å². The molecule has 3 rings (SSSR count). The summed E-state index contributed by atoms with van der Waals surface area (Å²) >= 11 is 0. The Labute approximate surface area is 124 Å². The lowest BCUT2D eigenvalue weighted by Crippen LogP contribution is -2.14. The van der Waals surface area contributed by atoms with Crippen LogP contribution in [0.25, 0.3) is 0 Å². The summed E-state index contributed by atoms with van der Waals surface area (Å²) in [5.74, 6) is 1.67. The second-order valence-corrected chi connectivity index (χ2v) is 8.08. The monoisotopic (exact) mass is 271 g/mol. The summed E-state index contributed by atoms with van der Waals surface area (Å²) in [6.45, 7) is 9.20. The molecule has 0 amide bonds. The fourth-order valence-corrected chi connectivity index (χ4v) is 5.32. The van der Waals surface area contributed by atoms with Crippen molar-refractivity contribution < 1.29 is 0 Å². The molecule has 2 aliphatic rings. The molecule has 108 valence electrons. The highest BCUT2D eigenvalue weighted by molar-refractivity contribution is 6.32. The van der Waals surface area contributed by atoms with Gasteiger partial charge in [-0.1, -0.05) is 29.7 Å². The zero-order valence-corrected chi connectivity index (χ0v) is 13.9. The van der Waals surface area contributed by atoms with Crippen molar-refractivity contribution in [3.8, 4) is 0 Å². The SMILES string of the molecule is BC12CCc3nnn(C(C)C)c3CCC1(B)C2C(C)C. The Morgan fingerprint density at radius 2 is 1.70 bits per heavy atom. The van der Waals surface area contributed by atoms with Gasteiger partial charge in [-0.25, -0.2) is 4.68 Å². The van der Waals surface area contributed by atoms with Crippen LogP contribution >= 0.6 is 0 Å². The lowest BCUT2D eigenvalue weighted by Gasteiger charge is -2.22. The van der Waals surface area contributed by atoms with E-state index in [1.165, 1.54) is 24.2 Å². The van der Waals surface area contributed by atoms with Crippen LogP contribution in [0.4, 0.5) is 0 Å². The maximum Gasteiger partial charge on any atom is 0.109 e. The molecule has 3 nitrogen and oxygen atoms in total. The van der Waals surface area contributed by atoms with Crippen LogP contribution in [0, 0.1) is 11.8 Å². The number of aromatic nitrogens is 3. The summed E-state index contributed by atoms with van der Waals surface area (Å²) in [7, 11) is 5.03. The first-order valence-electron chi connectivity index (χ1n) is 8.24. The number of rotatable bonds is 2. The molecule has 3 unspecified atom stereocenters. The van der Waals surface area contributed by atoms with E-state index in [0.29, 0.717) is 16.7 Å². The Balaban J connectivity index is 1.91. The highest BCUT2D eigenvalue weighted by Crippen LogP contribution is 2.83. The van der Waals surface area contributed by atoms with Gasteiger partial charge in [0.1, 0.15) is 15.7 Å². The molecule has 0 spiro atoms. The number of hydrogen-bond acceptors (Lipinski definition) is 2. The number of hydrogen-bond donors (Lipinski definition) is 0. The minimum absolute atomic E-state index is 0.421. The minimum atomic E-state index is 0.421. The van der Waals surface area contributed by atoms with Gasteiger partial charge in [0.15, 0.2) is 0 Å². The molecular formula is C15H27B2N3. The minimum Gasteiger partial charge on any atom is -0.247 e. The molecule has 1 aromatic heterocycles. The molecule has 1 fully saturated rings. The van der Waals surface area contributed by atoms with Gasteiger partial charge in [-0.3, -0.25) is 0 Å². The Morgan fingerprint density at radius 3 is 2.25 bits per heavy atom. The van der Waals surface area contributed by atoms with E-state index in [1.807, 2.05) is 0 Å². The smallest absolute Gasteiger partial charge is 0.109 e. The molecule has 2 aliphatic carbocycles. The average Bonchev–Trinajstić information content (AvgIpc) is 2.69. The summed E-state index contributed by atoms with van der Waals surface area (Å²) in [6.07, 6.45) is 4.82. The molecular weight excluding hydrogens is 244 g/mol. The third-order valence-corrected chi connectivity index (χ3v) is 6.38. The predicted molar refractivity (Wildman–Crippen MR) is 87.9 cm³/mol. The Hall–Kier alpha value is -0.730. The number of fused-ring (bicyclic) bond motifs is 2. The van der Waals surface area contributed by atoms with Crippen molar-refractivity contribution in [2.24, 2.45) is 11.8 Å². The first kappa shape index (κ1) is 14.2. The molecule has 0 bridgehead atoms. The van der Waals surface area contributed by atoms with E-state index in [-0.39, 0.29) is 0 Å². The van der Waals surface area contributed by atoms with Crippen molar-refractivity contribution in [1.82, 2.24) is 15.0 Å². The normalized spacial score (nSPS) is 36.4. The first-order valence-corrected chi connectivity index (χ1v) is 8.24. The fraction of sp³-hybridized carbons (Fsp3) is 0.867. The van der Waals surface area contributed by atoms with Gasteiger partial charge in [0, 0.05) is 6.04 Å². The zero-order valence-electron chi connectivity index (χ0n) is 13.9. The molecule has 20 heavy (non-hydrogen) atoms. The summed E-state index contributed by atoms with van der Waals surface area (Å²) in [6, 6.07) is 0.421. The summed E-state index contributed by atoms with van der Waals surface area (Å²) in [5.41, 5.74) is 2.66. The van der Waals surface area contributed by atoms with Gasteiger partial charge in [0.2, 0.25) is 0 Å². The molecule has 3 atom stereocenters. The van der Waals surface area contributed by atoms with Crippen molar-refractivity contribution >= 4 is 15.7 Å². The molecule has 1 saturated carbocycles. The summed E-state index contributed by atoms with van der Waals surface area (Å²) in [4.78, 5) is 0. The highest BCUT2D eigenvalue weighted by Gasteiger charge is 2.69. The Kier molecular flexibility index (Phi) is 3.11. The predicted octanol–water partition coefficient (Wildman–Crippen LogP) is 1.61. The third kappa shape index (κ3) is 1.74. The lowest BCUT2D eigenvalue weighted by atomic mass is 9.62. The van der Waals surface area contributed by atoms with Crippen molar-refractivity contribution in [3.05, 3.63) is 11.4 Å². The van der Waals surface area contributed by atoms with E-state index in [1.54, 1.807) is 0 Å². The lowest BCUT2D eigenvalue weighted by molar-refractivity contribution is 0.476. The highest BCUT2D eigenvalue weighted by atomic mass is 15.4. The van der Waals surface area contributed by atoms with Crippen molar-refractivity contribution in [2.75, 3.05) is 0 Å². The van der Waals surface area contributed by atoms with Crippen LogP contribution in [0.5, 0.6) is 0 Å². The van der Waals surface area contributed by atoms with Crippen LogP contribution in [0.2, 0.25) is 10.6 Å². The van der Waals surface area contributed by atoms with Crippen LogP contribution < -0.4 is 0 Å². The zero-order chi connectivity index (χ0) is 14.7. The maximum absolute atomic E-state index is 4.47. The molecule has 0 aliphatic heterocycles. The van der Waals surface area contributed by atoms with E-state index in [2.05, 4.69) is 58.4 Å². The van der Waals surface area contributed by atoms with E-state index < -0.39 is 0 Å². The molecule has 5 heteroatoms. The van der Waals surface area contributed by atoms with Crippen LogP contribution in [0.3, 0.4) is 0 Å². The molecule has 0 N–H and O–H groups in total. The third-order valence-electron chi connectivity index (χ3n) is 6.38. The second-order valence-electron chi connectivity index (χ2n) is 8.08. The summed E-state index contributed by atoms with van der Waals surface area (Å²) < 4.78 is 2.15. The van der Waals surface area contributed by atoms with Crippen LogP contribution in [0.1, 0.15) is 58.0 Å². The topological polar surface area (TPSA) is 30.7 Å². The second kappa shape index (κ2) is 4.38. The van der Waals surface area contributed by atoms with Gasteiger partial charge in [0.25, 0.3) is 0 Å². The average molecular weight is 271 g/mol. The van der Waals surface area contributed by atoms with Crippen molar-refractivity contribution in [2.45, 2.75) is 70.0 Å². The number of nitrogens with zero attached hydrogens (tertiary/aromatic N) is 3. The molecule has 0 aromatic carbocycles. The fourth-order valence-electron chi connectivity index (χ4n) is 5.32.